The minimum atomic E-state index is -0.648. The molecule has 0 fully saturated rings. The molecule has 0 saturated heterocycles. The Morgan fingerprint density at radius 2 is 0.938 bits per heavy atom. The number of amides is 2. The lowest BCUT2D eigenvalue weighted by atomic mass is 9.97. The number of rotatable bonds is 11. The Hall–Kier alpha value is -5.44. The lowest BCUT2D eigenvalue weighted by Gasteiger charge is -2.08. The molecule has 6 rings (SSSR count). The van der Waals surface area contributed by atoms with Gasteiger partial charge in [0.1, 0.15) is 11.1 Å². The van der Waals surface area contributed by atoms with Crippen LogP contribution in [0.15, 0.2) is 85.2 Å². The average Bonchev–Trinajstić information content (AvgIpc) is 3.78. The van der Waals surface area contributed by atoms with Gasteiger partial charge in [-0.3, -0.25) is 9.59 Å². The first kappa shape index (κ1) is 32.5. The van der Waals surface area contributed by atoms with Crippen LogP contribution in [0.3, 0.4) is 0 Å². The molecule has 0 aliphatic heterocycles. The number of benzene rings is 4. The summed E-state index contributed by atoms with van der Waals surface area (Å²) in [6, 6.07) is 25.0. The molecule has 0 bridgehead atoms. The minimum Gasteiger partial charge on any atom is -0.453 e. The number of carbonyl (C=O) groups is 4. The van der Waals surface area contributed by atoms with Crippen molar-refractivity contribution in [3.63, 3.8) is 0 Å². The molecule has 0 aliphatic carbocycles. The van der Waals surface area contributed by atoms with Crippen LogP contribution < -0.4 is 21.8 Å². The maximum Gasteiger partial charge on any atom is 0.407 e. The lowest BCUT2D eigenvalue weighted by Crippen LogP contribution is -2.28. The number of fused-ring (bicyclic) bond motifs is 2. The molecule has 2 unspecified atom stereocenters. The molecule has 4 aromatic carbocycles. The second-order valence-corrected chi connectivity index (χ2v) is 13.2. The number of ether oxygens (including phenoxy) is 2. The van der Waals surface area contributed by atoms with Crippen LogP contribution in [0.1, 0.15) is 0 Å². The van der Waals surface area contributed by atoms with E-state index in [0.717, 1.165) is 55.2 Å². The maximum absolute atomic E-state index is 12.2. The maximum atomic E-state index is 12.2. The second-order valence-electron chi connectivity index (χ2n) is 10.6. The Labute approximate surface area is 278 Å². The van der Waals surface area contributed by atoms with E-state index in [1.807, 2.05) is 12.1 Å². The van der Waals surface area contributed by atoms with Gasteiger partial charge in [-0.1, -0.05) is 48.5 Å². The lowest BCUT2D eigenvalue weighted by molar-refractivity contribution is -0.111. The highest BCUT2D eigenvalue weighted by Gasteiger charge is 2.13. The van der Waals surface area contributed by atoms with Crippen LogP contribution in [-0.2, 0) is 19.1 Å². The molecule has 0 aliphatic rings. The number of aromatic nitrogens is 4. The van der Waals surface area contributed by atoms with E-state index in [0.29, 0.717) is 11.1 Å². The molecule has 48 heavy (non-hydrogen) atoms. The molecule has 0 spiro atoms. The molecule has 0 saturated carbocycles. The van der Waals surface area contributed by atoms with Gasteiger partial charge < -0.3 is 30.1 Å². The zero-order valence-electron chi connectivity index (χ0n) is 25.8. The van der Waals surface area contributed by atoms with E-state index in [2.05, 4.69) is 101 Å². The number of alkyl carbamates (subject to hydrolysis) is 2. The summed E-state index contributed by atoms with van der Waals surface area (Å²) in [7, 11) is 2.07. The molecule has 2 atom stereocenters. The molecular weight excluding hydrogens is 650 g/mol. The van der Waals surface area contributed by atoms with Gasteiger partial charge in [-0.25, -0.2) is 19.6 Å². The zero-order valence-corrected chi connectivity index (χ0v) is 27.8. The second kappa shape index (κ2) is 14.5. The molecular formula is C34H30N6O6P2. The normalized spacial score (nSPS) is 11.5. The molecule has 14 heteroatoms. The Morgan fingerprint density at radius 3 is 1.31 bits per heavy atom. The summed E-state index contributed by atoms with van der Waals surface area (Å²) in [4.78, 5) is 61.9. The first-order valence-corrected chi connectivity index (χ1v) is 16.7. The number of hydrogen-bond donors (Lipinski definition) is 4. The third-order valence-corrected chi connectivity index (χ3v) is 9.35. The Morgan fingerprint density at radius 1 is 0.583 bits per heavy atom. The van der Waals surface area contributed by atoms with Gasteiger partial charge in [0.2, 0.25) is 0 Å². The van der Waals surface area contributed by atoms with Crippen LogP contribution in [0.2, 0.25) is 0 Å². The van der Waals surface area contributed by atoms with Crippen molar-refractivity contribution in [2.24, 2.45) is 0 Å². The number of nitrogens with zero attached hydrogens (tertiary/aromatic N) is 2. The van der Waals surface area contributed by atoms with Gasteiger partial charge in [0.25, 0.3) is 0 Å². The van der Waals surface area contributed by atoms with Crippen LogP contribution in [0.4, 0.5) is 9.59 Å². The van der Waals surface area contributed by atoms with Crippen molar-refractivity contribution >= 4 is 73.1 Å². The molecule has 2 heterocycles. The van der Waals surface area contributed by atoms with Crippen molar-refractivity contribution in [3.8, 4) is 33.6 Å². The fourth-order valence-electron chi connectivity index (χ4n) is 5.05. The fraction of sp³-hybridized carbons (Fsp3) is 0.118. The Balaban J connectivity index is 1.13. The summed E-state index contributed by atoms with van der Waals surface area (Å²) in [6.07, 6.45) is 2.12. The van der Waals surface area contributed by atoms with Gasteiger partial charge in [0.05, 0.1) is 51.1 Å². The minimum absolute atomic E-state index is 0.116. The summed E-state index contributed by atoms with van der Waals surface area (Å²) in [5.41, 5.74) is 6.48. The predicted molar refractivity (Wildman–Crippen MR) is 189 cm³/mol. The fourth-order valence-corrected chi connectivity index (χ4v) is 6.58. The topological polar surface area (TPSA) is 168 Å². The molecule has 12 nitrogen and oxygen atoms in total. The van der Waals surface area contributed by atoms with E-state index in [9.17, 15) is 19.2 Å². The summed E-state index contributed by atoms with van der Waals surface area (Å²) < 4.78 is 8.99. The smallest absolute Gasteiger partial charge is 0.407 e. The van der Waals surface area contributed by atoms with Gasteiger partial charge in [-0.15, -0.1) is 0 Å². The number of aromatic amines is 2. The molecule has 4 N–H and O–H groups in total. The van der Waals surface area contributed by atoms with E-state index in [1.54, 1.807) is 12.4 Å². The molecule has 242 valence electrons. The monoisotopic (exact) mass is 680 g/mol. The highest BCUT2D eigenvalue weighted by molar-refractivity contribution is 7.65. The van der Waals surface area contributed by atoms with E-state index in [4.69, 9.17) is 0 Å². The quantitative estimate of drug-likeness (QED) is 0.141. The van der Waals surface area contributed by atoms with Gasteiger partial charge in [0, 0.05) is 28.3 Å². The van der Waals surface area contributed by atoms with Crippen LogP contribution in [0.5, 0.6) is 0 Å². The molecule has 6 aromatic rings. The molecule has 2 amide bonds. The third-order valence-electron chi connectivity index (χ3n) is 7.46. The molecule has 0 radical (unpaired) electrons. The van der Waals surface area contributed by atoms with E-state index >= 15 is 0 Å². The van der Waals surface area contributed by atoms with Crippen LogP contribution in [0.25, 0.3) is 55.2 Å². The van der Waals surface area contributed by atoms with Crippen LogP contribution >= 0.6 is 17.2 Å². The standard InChI is InChI=1S/C34H30N6O6P2/c1-45-33(43)37-17-29(41)47-31-35-15-27(39-31)25-9-7-21-11-19(3-5-23(21)13-25)20-4-6-24-14-26(10-8-22(24)12-20)28-16-36-32(40-28)48-30(42)18-38-34(44)46-2/h3-16,47-48H,17-18H2,1-2H3,(H,35,39)(H,36,40)(H,37,43)(H,38,44). The predicted octanol–water partition coefficient (Wildman–Crippen LogP) is 4.81. The van der Waals surface area contributed by atoms with Crippen molar-refractivity contribution in [2.45, 2.75) is 0 Å². The van der Waals surface area contributed by atoms with E-state index in [1.165, 1.54) is 14.2 Å². The number of methoxy groups -OCH3 is 2. The van der Waals surface area contributed by atoms with Crippen molar-refractivity contribution in [1.82, 2.24) is 30.6 Å². The number of imidazole rings is 2. The SMILES string of the molecule is COC(=O)NCC(=O)Pc1ncc(-c2ccc3cc(-c4ccc5cc(-c6cnc(PC(=O)CNC(=O)OC)[nH]6)ccc5c4)ccc3c2)[nH]1. The first-order chi connectivity index (χ1) is 23.3. The zero-order chi connectivity index (χ0) is 33.6. The van der Waals surface area contributed by atoms with Gasteiger partial charge in [-0.2, -0.15) is 0 Å². The van der Waals surface area contributed by atoms with Crippen LogP contribution in [-0.4, -0.2) is 70.5 Å². The van der Waals surface area contributed by atoms with Crippen molar-refractivity contribution in [3.05, 3.63) is 85.2 Å². The molecule has 2 aromatic heterocycles. The number of nitrogens with one attached hydrogen (secondary N) is 4. The third kappa shape index (κ3) is 7.74. The summed E-state index contributed by atoms with van der Waals surface area (Å²) in [5, 5.41) is 9.10. The summed E-state index contributed by atoms with van der Waals surface area (Å²) in [5.74, 6) is 0. The summed E-state index contributed by atoms with van der Waals surface area (Å²) in [6.45, 7) is -0.232. The average molecular weight is 681 g/mol. The Kier molecular flexibility index (Phi) is 9.85. The van der Waals surface area contributed by atoms with Gasteiger partial charge in [-0.05, 0) is 56.9 Å². The number of carbonyl (C=O) groups excluding carboxylic acids is 4. The largest absolute Gasteiger partial charge is 0.453 e. The highest BCUT2D eigenvalue weighted by Crippen LogP contribution is 2.31. The van der Waals surface area contributed by atoms with Crippen molar-refractivity contribution < 1.29 is 28.7 Å². The number of hydrogen-bond acceptors (Lipinski definition) is 8. The number of H-pyrrole nitrogens is 2. The van der Waals surface area contributed by atoms with Crippen molar-refractivity contribution in [1.29, 1.82) is 0 Å². The van der Waals surface area contributed by atoms with Gasteiger partial charge in [0.15, 0.2) is 11.0 Å². The van der Waals surface area contributed by atoms with Crippen molar-refractivity contribution in [2.75, 3.05) is 27.3 Å². The van der Waals surface area contributed by atoms with E-state index in [-0.39, 0.29) is 41.3 Å². The first-order valence-electron chi connectivity index (χ1n) is 14.7. The summed E-state index contributed by atoms with van der Waals surface area (Å²) >= 11 is 0. The highest BCUT2D eigenvalue weighted by atomic mass is 31.1. The van der Waals surface area contributed by atoms with Crippen LogP contribution in [0, 0.1) is 0 Å². The van der Waals surface area contributed by atoms with Gasteiger partial charge >= 0.3 is 12.2 Å². The van der Waals surface area contributed by atoms with E-state index < -0.39 is 12.2 Å². The Bertz CT molecular complexity index is 2020.